The topological polar surface area (TPSA) is 64.6 Å². The van der Waals surface area contributed by atoms with Crippen molar-refractivity contribution < 1.29 is 19.1 Å². The third kappa shape index (κ3) is 13.5. The van der Waals surface area contributed by atoms with E-state index < -0.39 is 11.6 Å². The van der Waals surface area contributed by atoms with E-state index in [0.717, 1.165) is 11.8 Å². The number of nitrogens with one attached hydrogen (secondary N) is 1. The Hall–Kier alpha value is -0.620. The van der Waals surface area contributed by atoms with E-state index in [-0.39, 0.29) is 23.7 Å². The molecule has 0 rings (SSSR count). The first-order chi connectivity index (χ1) is 10.4. The molecule has 5 nitrogen and oxygen atoms in total. The van der Waals surface area contributed by atoms with E-state index >= 15 is 0 Å². The molecule has 0 heterocycles. The van der Waals surface area contributed by atoms with Crippen LogP contribution in [0.4, 0.5) is 0 Å². The van der Waals surface area contributed by atoms with Crippen LogP contribution in [0.15, 0.2) is 0 Å². The number of amides is 1. The van der Waals surface area contributed by atoms with E-state index in [1.807, 2.05) is 20.8 Å². The van der Waals surface area contributed by atoms with Crippen LogP contribution in [0, 0.1) is 5.41 Å². The van der Waals surface area contributed by atoms with E-state index in [1.54, 1.807) is 0 Å². The smallest absolute Gasteiger partial charge is 0.329 e. The van der Waals surface area contributed by atoms with Crippen molar-refractivity contribution in [1.82, 2.24) is 5.32 Å². The first-order valence-corrected chi connectivity index (χ1v) is 9.23. The molecule has 0 radical (unpaired) electrons. The van der Waals surface area contributed by atoms with Crippen molar-refractivity contribution in [1.29, 1.82) is 0 Å². The Morgan fingerprint density at radius 1 is 1.09 bits per heavy atom. The molecule has 23 heavy (non-hydrogen) atoms. The lowest BCUT2D eigenvalue weighted by atomic mass is 9.88. The van der Waals surface area contributed by atoms with Gasteiger partial charge in [-0.1, -0.05) is 36.7 Å². The zero-order valence-corrected chi connectivity index (χ0v) is 16.9. The van der Waals surface area contributed by atoms with Gasteiger partial charge in [0.25, 0.3) is 0 Å². The highest BCUT2D eigenvalue weighted by molar-refractivity contribution is 9.09. The largest absolute Gasteiger partial charge is 0.458 e. The molecule has 1 N–H and O–H groups in total. The lowest BCUT2D eigenvalue weighted by Crippen LogP contribution is -2.44. The lowest BCUT2D eigenvalue weighted by Gasteiger charge is -2.26. The highest BCUT2D eigenvalue weighted by Gasteiger charge is 2.27. The lowest BCUT2D eigenvalue weighted by molar-refractivity contribution is -0.159. The SMILES string of the molecule is CC(C)(C)CC[C@H](NC(=O)CCOCCBr)C(=O)OC(C)(C)C. The molecule has 0 aliphatic rings. The van der Waals surface area contributed by atoms with Crippen molar-refractivity contribution in [3.8, 4) is 0 Å². The molecule has 0 aromatic heterocycles. The van der Waals surface area contributed by atoms with Crippen molar-refractivity contribution >= 4 is 27.8 Å². The summed E-state index contributed by atoms with van der Waals surface area (Å²) >= 11 is 3.26. The molecule has 0 spiro atoms. The number of rotatable bonds is 9. The molecule has 0 fully saturated rings. The first kappa shape index (κ1) is 22.4. The molecule has 0 aromatic carbocycles. The predicted octanol–water partition coefficient (Wildman–Crippen LogP) is 3.44. The van der Waals surface area contributed by atoms with Gasteiger partial charge >= 0.3 is 5.97 Å². The highest BCUT2D eigenvalue weighted by atomic mass is 79.9. The minimum Gasteiger partial charge on any atom is -0.458 e. The highest BCUT2D eigenvalue weighted by Crippen LogP contribution is 2.22. The molecule has 0 bridgehead atoms. The van der Waals surface area contributed by atoms with Gasteiger partial charge in [0.05, 0.1) is 13.2 Å². The van der Waals surface area contributed by atoms with Gasteiger partial charge in [0.15, 0.2) is 0 Å². The third-order valence-corrected chi connectivity index (χ3v) is 3.23. The van der Waals surface area contributed by atoms with Crippen LogP contribution in [0.1, 0.15) is 60.8 Å². The van der Waals surface area contributed by atoms with Crippen LogP contribution in [0.2, 0.25) is 0 Å². The molecular weight excluding hydrogens is 362 g/mol. The zero-order valence-electron chi connectivity index (χ0n) is 15.3. The van der Waals surface area contributed by atoms with Crippen LogP contribution in [0.3, 0.4) is 0 Å². The molecule has 0 unspecified atom stereocenters. The maximum atomic E-state index is 12.3. The summed E-state index contributed by atoms with van der Waals surface area (Å²) in [5, 5.41) is 3.52. The van der Waals surface area contributed by atoms with Gasteiger partial charge in [0.2, 0.25) is 5.91 Å². The Morgan fingerprint density at radius 3 is 2.17 bits per heavy atom. The van der Waals surface area contributed by atoms with Crippen molar-refractivity contribution in [2.45, 2.75) is 72.4 Å². The summed E-state index contributed by atoms with van der Waals surface area (Å²) < 4.78 is 10.7. The van der Waals surface area contributed by atoms with Crippen LogP contribution in [-0.4, -0.2) is 42.1 Å². The zero-order chi connectivity index (χ0) is 18.1. The summed E-state index contributed by atoms with van der Waals surface area (Å²) in [6.45, 7) is 12.7. The average Bonchev–Trinajstić information content (AvgIpc) is 2.36. The fraction of sp³-hybridized carbons (Fsp3) is 0.882. The second kappa shape index (κ2) is 10.3. The minimum atomic E-state index is -0.614. The predicted molar refractivity (Wildman–Crippen MR) is 95.7 cm³/mol. The fourth-order valence-corrected chi connectivity index (χ4v) is 2.02. The normalized spacial score (nSPS) is 13.5. The summed E-state index contributed by atoms with van der Waals surface area (Å²) in [4.78, 5) is 24.3. The molecule has 1 amide bonds. The molecule has 0 aliphatic carbocycles. The van der Waals surface area contributed by atoms with Gasteiger partial charge in [0.1, 0.15) is 11.6 Å². The average molecular weight is 394 g/mol. The number of carbonyl (C=O) groups excluding carboxylic acids is 2. The fourth-order valence-electron chi connectivity index (χ4n) is 1.79. The summed E-state index contributed by atoms with van der Waals surface area (Å²) in [6, 6.07) is -0.614. The van der Waals surface area contributed by atoms with Gasteiger partial charge in [-0.3, -0.25) is 4.79 Å². The molecule has 0 saturated heterocycles. The number of hydrogen-bond acceptors (Lipinski definition) is 4. The molecule has 0 saturated carbocycles. The van der Waals surface area contributed by atoms with Crippen molar-refractivity contribution in [2.75, 3.05) is 18.5 Å². The van der Waals surface area contributed by atoms with Crippen molar-refractivity contribution in [2.24, 2.45) is 5.41 Å². The summed E-state index contributed by atoms with van der Waals surface area (Å²) in [5.41, 5.74) is -0.481. The summed E-state index contributed by atoms with van der Waals surface area (Å²) in [6.07, 6.45) is 1.62. The monoisotopic (exact) mass is 393 g/mol. The number of alkyl halides is 1. The van der Waals surface area contributed by atoms with E-state index in [2.05, 4.69) is 42.0 Å². The van der Waals surface area contributed by atoms with Crippen molar-refractivity contribution in [3.63, 3.8) is 0 Å². The Bertz CT molecular complexity index is 372. The second-order valence-corrected chi connectivity index (χ2v) is 8.60. The van der Waals surface area contributed by atoms with Gasteiger partial charge in [0, 0.05) is 11.8 Å². The van der Waals surface area contributed by atoms with Crippen molar-refractivity contribution in [3.05, 3.63) is 0 Å². The number of halogens is 1. The number of hydrogen-bond donors (Lipinski definition) is 1. The Kier molecular flexibility index (Phi) is 10.0. The number of carbonyl (C=O) groups is 2. The molecule has 136 valence electrons. The van der Waals surface area contributed by atoms with Crippen LogP contribution in [-0.2, 0) is 19.1 Å². The van der Waals surface area contributed by atoms with Crippen LogP contribution >= 0.6 is 15.9 Å². The Morgan fingerprint density at radius 2 is 1.70 bits per heavy atom. The van der Waals surface area contributed by atoms with Crippen LogP contribution in [0.5, 0.6) is 0 Å². The van der Waals surface area contributed by atoms with Crippen LogP contribution < -0.4 is 5.32 Å². The standard InChI is InChI=1S/C17H32BrNO4/c1-16(2,3)9-7-13(15(21)23-17(4,5)6)19-14(20)8-11-22-12-10-18/h13H,7-12H2,1-6H3,(H,19,20)/t13-/m0/s1. The molecule has 6 heteroatoms. The minimum absolute atomic E-state index is 0.0873. The number of esters is 1. The number of ether oxygens (including phenoxy) is 2. The molecular formula is C17H32BrNO4. The molecule has 0 aromatic rings. The maximum absolute atomic E-state index is 12.3. The molecule has 1 atom stereocenters. The van der Waals surface area contributed by atoms with E-state index in [1.165, 1.54) is 0 Å². The Balaban J connectivity index is 4.58. The maximum Gasteiger partial charge on any atom is 0.329 e. The third-order valence-electron chi connectivity index (χ3n) is 2.90. The van der Waals surface area contributed by atoms with Gasteiger partial charge in [-0.25, -0.2) is 4.79 Å². The van der Waals surface area contributed by atoms with E-state index in [9.17, 15) is 9.59 Å². The van der Waals surface area contributed by atoms with Gasteiger partial charge in [-0.15, -0.1) is 0 Å². The second-order valence-electron chi connectivity index (χ2n) is 7.80. The quantitative estimate of drug-likeness (QED) is 0.370. The van der Waals surface area contributed by atoms with Gasteiger partial charge in [-0.05, 0) is 39.0 Å². The first-order valence-electron chi connectivity index (χ1n) is 8.10. The Labute approximate surface area is 149 Å². The van der Waals surface area contributed by atoms with Gasteiger partial charge in [-0.2, -0.15) is 0 Å². The van der Waals surface area contributed by atoms with E-state index in [0.29, 0.717) is 19.6 Å². The van der Waals surface area contributed by atoms with Gasteiger partial charge < -0.3 is 14.8 Å². The molecule has 0 aliphatic heterocycles. The summed E-state index contributed by atoms with van der Waals surface area (Å²) in [7, 11) is 0. The van der Waals surface area contributed by atoms with E-state index in [4.69, 9.17) is 9.47 Å². The van der Waals surface area contributed by atoms with Crippen LogP contribution in [0.25, 0.3) is 0 Å². The summed E-state index contributed by atoms with van der Waals surface area (Å²) in [5.74, 6) is -0.569.